The Morgan fingerprint density at radius 1 is 1.33 bits per heavy atom. The van der Waals surface area contributed by atoms with Gasteiger partial charge in [0.25, 0.3) is 0 Å². The third kappa shape index (κ3) is 5.44. The second-order valence-corrected chi connectivity index (χ2v) is 6.35. The standard InChI is InChI=1S/C19H27N7.HI/c1-4-20-19(25(2)13-18-23-14-24-26(18)3)21-11-7-8-15-12-22-17-10-6-5-9-16(15)17;/h5-6,9-10,12,14,22H,4,7-8,11,13H2,1-3H3,(H,20,21);1H. The Bertz CT molecular complexity index is 868. The maximum atomic E-state index is 4.77. The molecule has 0 aliphatic carbocycles. The van der Waals surface area contributed by atoms with Crippen molar-refractivity contribution in [3.8, 4) is 0 Å². The number of halogens is 1. The Kier molecular flexibility index (Phi) is 8.08. The Hall–Kier alpha value is -2.10. The summed E-state index contributed by atoms with van der Waals surface area (Å²) < 4.78 is 1.79. The first kappa shape index (κ1) is 21.2. The van der Waals surface area contributed by atoms with Crippen LogP contribution in [0.2, 0.25) is 0 Å². The van der Waals surface area contributed by atoms with Crippen LogP contribution in [-0.2, 0) is 20.0 Å². The van der Waals surface area contributed by atoms with Crippen LogP contribution in [0, 0.1) is 0 Å². The Labute approximate surface area is 177 Å². The van der Waals surface area contributed by atoms with Gasteiger partial charge in [-0.1, -0.05) is 18.2 Å². The van der Waals surface area contributed by atoms with E-state index in [9.17, 15) is 0 Å². The average molecular weight is 481 g/mol. The van der Waals surface area contributed by atoms with E-state index in [0.717, 1.165) is 37.7 Å². The highest BCUT2D eigenvalue weighted by atomic mass is 127. The van der Waals surface area contributed by atoms with Gasteiger partial charge in [-0.15, -0.1) is 24.0 Å². The van der Waals surface area contributed by atoms with Crippen molar-refractivity contribution < 1.29 is 0 Å². The number of guanidine groups is 1. The van der Waals surface area contributed by atoms with Gasteiger partial charge in [-0.3, -0.25) is 9.67 Å². The van der Waals surface area contributed by atoms with Crippen molar-refractivity contribution in [2.45, 2.75) is 26.3 Å². The number of nitrogens with zero attached hydrogens (tertiary/aromatic N) is 5. The summed E-state index contributed by atoms with van der Waals surface area (Å²) in [6.45, 7) is 4.37. The van der Waals surface area contributed by atoms with Crippen LogP contribution in [0.5, 0.6) is 0 Å². The van der Waals surface area contributed by atoms with Crippen molar-refractivity contribution in [3.63, 3.8) is 0 Å². The van der Waals surface area contributed by atoms with E-state index in [-0.39, 0.29) is 24.0 Å². The number of hydrogen-bond acceptors (Lipinski definition) is 3. The van der Waals surface area contributed by atoms with E-state index in [1.165, 1.54) is 16.5 Å². The van der Waals surface area contributed by atoms with Crippen LogP contribution in [0.25, 0.3) is 10.9 Å². The first-order valence-electron chi connectivity index (χ1n) is 9.06. The second-order valence-electron chi connectivity index (χ2n) is 6.35. The highest BCUT2D eigenvalue weighted by molar-refractivity contribution is 14.0. The van der Waals surface area contributed by atoms with Gasteiger partial charge in [0.15, 0.2) is 5.96 Å². The maximum Gasteiger partial charge on any atom is 0.194 e. The van der Waals surface area contributed by atoms with Crippen molar-refractivity contribution in [1.29, 1.82) is 0 Å². The van der Waals surface area contributed by atoms with Crippen molar-refractivity contribution in [1.82, 2.24) is 30.0 Å². The second kappa shape index (κ2) is 10.3. The van der Waals surface area contributed by atoms with Crippen LogP contribution >= 0.6 is 24.0 Å². The fraction of sp³-hybridized carbons (Fsp3) is 0.421. The van der Waals surface area contributed by atoms with Crippen LogP contribution in [0.1, 0.15) is 24.7 Å². The predicted molar refractivity (Wildman–Crippen MR) is 120 cm³/mol. The molecule has 0 spiro atoms. The van der Waals surface area contributed by atoms with Crippen LogP contribution in [0.15, 0.2) is 41.8 Å². The van der Waals surface area contributed by atoms with Gasteiger partial charge in [-0.25, -0.2) is 4.98 Å². The van der Waals surface area contributed by atoms with Crippen LogP contribution in [0.4, 0.5) is 0 Å². The SMILES string of the molecule is CCNC(=NCCCc1c[nH]c2ccccc12)N(C)Cc1ncnn1C.I. The van der Waals surface area contributed by atoms with E-state index in [0.29, 0.717) is 6.54 Å². The van der Waals surface area contributed by atoms with Crippen molar-refractivity contribution >= 4 is 40.8 Å². The van der Waals surface area contributed by atoms with Gasteiger partial charge in [0.05, 0.1) is 6.54 Å². The minimum atomic E-state index is 0. The zero-order valence-corrected chi connectivity index (χ0v) is 18.5. The van der Waals surface area contributed by atoms with Gasteiger partial charge in [-0.05, 0) is 31.4 Å². The number of H-pyrrole nitrogens is 1. The van der Waals surface area contributed by atoms with Crippen LogP contribution < -0.4 is 5.32 Å². The van der Waals surface area contributed by atoms with E-state index in [4.69, 9.17) is 4.99 Å². The number of fused-ring (bicyclic) bond motifs is 1. The molecule has 1 aromatic carbocycles. The molecule has 0 atom stereocenters. The van der Waals surface area contributed by atoms with Gasteiger partial charge >= 0.3 is 0 Å². The summed E-state index contributed by atoms with van der Waals surface area (Å²) in [4.78, 5) is 14.5. The largest absolute Gasteiger partial charge is 0.361 e. The van der Waals surface area contributed by atoms with E-state index < -0.39 is 0 Å². The first-order chi connectivity index (χ1) is 12.7. The molecule has 7 nitrogen and oxygen atoms in total. The summed E-state index contributed by atoms with van der Waals surface area (Å²) in [6.07, 6.45) is 5.71. The highest BCUT2D eigenvalue weighted by Gasteiger charge is 2.10. The van der Waals surface area contributed by atoms with Gasteiger partial charge in [-0.2, -0.15) is 5.10 Å². The average Bonchev–Trinajstić information content (AvgIpc) is 3.24. The zero-order chi connectivity index (χ0) is 18.4. The molecule has 0 aliphatic heterocycles. The molecule has 0 radical (unpaired) electrons. The summed E-state index contributed by atoms with van der Waals surface area (Å²) in [6, 6.07) is 8.43. The normalized spacial score (nSPS) is 11.4. The Morgan fingerprint density at radius 3 is 2.89 bits per heavy atom. The molecule has 0 aliphatic rings. The summed E-state index contributed by atoms with van der Waals surface area (Å²) >= 11 is 0. The smallest absolute Gasteiger partial charge is 0.194 e. The molecule has 0 unspecified atom stereocenters. The lowest BCUT2D eigenvalue weighted by molar-refractivity contribution is 0.448. The lowest BCUT2D eigenvalue weighted by Crippen LogP contribution is -2.39. The molecule has 0 bridgehead atoms. The van der Waals surface area contributed by atoms with E-state index in [1.807, 2.05) is 14.1 Å². The predicted octanol–water partition coefficient (Wildman–Crippen LogP) is 2.94. The highest BCUT2D eigenvalue weighted by Crippen LogP contribution is 2.18. The van der Waals surface area contributed by atoms with Gasteiger partial charge in [0, 0.05) is 44.3 Å². The van der Waals surface area contributed by atoms with Gasteiger partial charge in [0.1, 0.15) is 12.2 Å². The Balaban J connectivity index is 0.00000261. The third-order valence-corrected chi connectivity index (χ3v) is 4.42. The van der Waals surface area contributed by atoms with Crippen LogP contribution in [-0.4, -0.2) is 50.7 Å². The molecule has 0 saturated heterocycles. The topological polar surface area (TPSA) is 74.1 Å². The molecule has 146 valence electrons. The van der Waals surface area contributed by atoms with Crippen molar-refractivity contribution in [2.75, 3.05) is 20.1 Å². The molecule has 0 amide bonds. The monoisotopic (exact) mass is 481 g/mol. The lowest BCUT2D eigenvalue weighted by Gasteiger charge is -2.21. The number of aliphatic imine (C=N–C) groups is 1. The number of aromatic amines is 1. The summed E-state index contributed by atoms with van der Waals surface area (Å²) in [5.74, 6) is 1.81. The number of hydrogen-bond donors (Lipinski definition) is 2. The molecular formula is C19H28IN7. The molecule has 0 saturated carbocycles. The number of para-hydroxylation sites is 1. The molecule has 8 heteroatoms. The molecule has 27 heavy (non-hydrogen) atoms. The number of aromatic nitrogens is 4. The first-order valence-corrected chi connectivity index (χ1v) is 9.06. The number of aryl methyl sites for hydroxylation is 2. The maximum absolute atomic E-state index is 4.77. The molecule has 0 fully saturated rings. The van der Waals surface area contributed by atoms with Crippen LogP contribution in [0.3, 0.4) is 0 Å². The summed E-state index contributed by atoms with van der Waals surface area (Å²) in [7, 11) is 3.93. The van der Waals surface area contributed by atoms with E-state index in [2.05, 4.69) is 62.7 Å². The number of benzene rings is 1. The van der Waals surface area contributed by atoms with Gasteiger partial charge < -0.3 is 15.2 Å². The quantitative estimate of drug-likeness (QED) is 0.236. The molecule has 2 aromatic heterocycles. The fourth-order valence-corrected chi connectivity index (χ4v) is 3.01. The molecule has 2 N–H and O–H groups in total. The third-order valence-electron chi connectivity index (χ3n) is 4.42. The lowest BCUT2D eigenvalue weighted by atomic mass is 10.1. The fourth-order valence-electron chi connectivity index (χ4n) is 3.01. The van der Waals surface area contributed by atoms with Crippen molar-refractivity contribution in [3.05, 3.63) is 48.2 Å². The summed E-state index contributed by atoms with van der Waals surface area (Å²) in [5.41, 5.74) is 2.55. The van der Waals surface area contributed by atoms with E-state index in [1.54, 1.807) is 11.0 Å². The minimum Gasteiger partial charge on any atom is -0.361 e. The van der Waals surface area contributed by atoms with Crippen molar-refractivity contribution in [2.24, 2.45) is 12.0 Å². The molecular weight excluding hydrogens is 453 g/mol. The Morgan fingerprint density at radius 2 is 2.15 bits per heavy atom. The van der Waals surface area contributed by atoms with Gasteiger partial charge in [0.2, 0.25) is 0 Å². The molecule has 3 aromatic rings. The molecule has 3 rings (SSSR count). The zero-order valence-electron chi connectivity index (χ0n) is 16.1. The molecule has 2 heterocycles. The number of rotatable bonds is 7. The minimum absolute atomic E-state index is 0. The van der Waals surface area contributed by atoms with E-state index >= 15 is 0 Å². The summed E-state index contributed by atoms with van der Waals surface area (Å²) in [5, 5.41) is 8.78. The number of nitrogens with one attached hydrogen (secondary N) is 2.